The summed E-state index contributed by atoms with van der Waals surface area (Å²) in [5, 5.41) is 0. The van der Waals surface area contributed by atoms with E-state index in [1.165, 1.54) is 11.1 Å². The molecule has 25 heavy (non-hydrogen) atoms. The van der Waals surface area contributed by atoms with Crippen molar-refractivity contribution in [3.63, 3.8) is 0 Å². The molecule has 0 unspecified atom stereocenters. The zero-order valence-electron chi connectivity index (χ0n) is 14.6. The summed E-state index contributed by atoms with van der Waals surface area (Å²) >= 11 is 0. The predicted molar refractivity (Wildman–Crippen MR) is 99.0 cm³/mol. The molecule has 2 aliphatic rings. The molecule has 2 N–H and O–H groups in total. The molecule has 1 heterocycles. The van der Waals surface area contributed by atoms with Crippen LogP contribution in [0.25, 0.3) is 0 Å². The SMILES string of the molecule is COc1ccc(C(=O)N2CCC[C@H]3c4ccccc4CC[C@H]32)cc1N. The molecule has 130 valence electrons. The molecule has 1 aliphatic heterocycles. The second-order valence-electron chi connectivity index (χ2n) is 7.01. The Morgan fingerprint density at radius 3 is 2.84 bits per heavy atom. The van der Waals surface area contributed by atoms with Crippen LogP contribution in [-0.4, -0.2) is 30.5 Å². The number of amides is 1. The number of anilines is 1. The van der Waals surface area contributed by atoms with Gasteiger partial charge in [-0.2, -0.15) is 0 Å². The first-order valence-corrected chi connectivity index (χ1v) is 9.01. The largest absolute Gasteiger partial charge is 0.495 e. The van der Waals surface area contributed by atoms with Crippen molar-refractivity contribution < 1.29 is 9.53 Å². The molecule has 1 aliphatic carbocycles. The highest BCUT2D eigenvalue weighted by molar-refractivity contribution is 5.96. The van der Waals surface area contributed by atoms with Gasteiger partial charge < -0.3 is 15.4 Å². The Hall–Kier alpha value is -2.49. The van der Waals surface area contributed by atoms with E-state index in [0.29, 0.717) is 29.0 Å². The lowest BCUT2D eigenvalue weighted by atomic mass is 9.74. The Balaban J connectivity index is 1.63. The molecule has 0 aromatic heterocycles. The first kappa shape index (κ1) is 16.0. The number of ether oxygens (including phenoxy) is 1. The van der Waals surface area contributed by atoms with E-state index in [-0.39, 0.29) is 5.91 Å². The van der Waals surface area contributed by atoms with Gasteiger partial charge >= 0.3 is 0 Å². The summed E-state index contributed by atoms with van der Waals surface area (Å²) in [7, 11) is 1.59. The third-order valence-corrected chi connectivity index (χ3v) is 5.68. The number of nitrogens with two attached hydrogens (primary N) is 1. The molecule has 4 nitrogen and oxygen atoms in total. The summed E-state index contributed by atoms with van der Waals surface area (Å²) in [5.41, 5.74) is 10.0. The van der Waals surface area contributed by atoms with Gasteiger partial charge in [-0.15, -0.1) is 0 Å². The Labute approximate surface area is 148 Å². The molecule has 0 spiro atoms. The number of aryl methyl sites for hydroxylation is 1. The Kier molecular flexibility index (Phi) is 4.12. The molecule has 0 radical (unpaired) electrons. The van der Waals surface area contributed by atoms with E-state index in [4.69, 9.17) is 10.5 Å². The van der Waals surface area contributed by atoms with Crippen molar-refractivity contribution in [3.8, 4) is 5.75 Å². The minimum absolute atomic E-state index is 0.0865. The number of rotatable bonds is 2. The quantitative estimate of drug-likeness (QED) is 0.852. The van der Waals surface area contributed by atoms with Crippen molar-refractivity contribution in [3.05, 3.63) is 59.2 Å². The standard InChI is InChI=1S/C21H24N2O2/c1-25-20-11-9-15(13-18(20)22)21(24)23-12-4-7-17-16-6-3-2-5-14(16)8-10-19(17)23/h2-3,5-6,9,11,13,17,19H,4,7-8,10,12,22H2,1H3/t17-,19+/m0/s1. The van der Waals surface area contributed by atoms with Crippen LogP contribution in [0.3, 0.4) is 0 Å². The smallest absolute Gasteiger partial charge is 0.254 e. The maximum Gasteiger partial charge on any atom is 0.254 e. The van der Waals surface area contributed by atoms with Crippen LogP contribution in [0, 0.1) is 0 Å². The molecule has 4 rings (SSSR count). The number of hydrogen-bond acceptors (Lipinski definition) is 3. The van der Waals surface area contributed by atoms with Crippen LogP contribution < -0.4 is 10.5 Å². The number of likely N-dealkylation sites (tertiary alicyclic amines) is 1. The molecule has 0 saturated carbocycles. The summed E-state index contributed by atoms with van der Waals surface area (Å²) in [6, 6.07) is 14.3. The normalized spacial score (nSPS) is 22.0. The van der Waals surface area contributed by atoms with Crippen LogP contribution in [-0.2, 0) is 6.42 Å². The molecule has 2 atom stereocenters. The van der Waals surface area contributed by atoms with Crippen LogP contribution in [0.15, 0.2) is 42.5 Å². The minimum atomic E-state index is 0.0865. The topological polar surface area (TPSA) is 55.6 Å². The molecule has 1 saturated heterocycles. The lowest BCUT2D eigenvalue weighted by Crippen LogP contribution is -2.49. The number of hydrogen-bond donors (Lipinski definition) is 1. The molecular weight excluding hydrogens is 312 g/mol. The molecule has 2 aromatic carbocycles. The fraction of sp³-hybridized carbons (Fsp3) is 0.381. The van der Waals surface area contributed by atoms with E-state index in [2.05, 4.69) is 29.2 Å². The molecule has 4 heteroatoms. The van der Waals surface area contributed by atoms with Crippen LogP contribution in [0.5, 0.6) is 5.75 Å². The van der Waals surface area contributed by atoms with Gasteiger partial charge in [0.05, 0.1) is 12.8 Å². The van der Waals surface area contributed by atoms with E-state index in [1.807, 2.05) is 6.07 Å². The third kappa shape index (κ3) is 2.76. The number of carbonyl (C=O) groups excluding carboxylic acids is 1. The fourth-order valence-electron chi connectivity index (χ4n) is 4.49. The number of carbonyl (C=O) groups is 1. The minimum Gasteiger partial charge on any atom is -0.495 e. The van der Waals surface area contributed by atoms with Crippen molar-refractivity contribution in [2.75, 3.05) is 19.4 Å². The van der Waals surface area contributed by atoms with Gasteiger partial charge in [-0.3, -0.25) is 4.79 Å². The molecule has 2 aromatic rings. The van der Waals surface area contributed by atoms with Gasteiger partial charge in [-0.05, 0) is 55.0 Å². The van der Waals surface area contributed by atoms with Crippen molar-refractivity contribution in [2.24, 2.45) is 0 Å². The highest BCUT2D eigenvalue weighted by atomic mass is 16.5. The number of methoxy groups -OCH3 is 1. The van der Waals surface area contributed by atoms with Gasteiger partial charge in [0, 0.05) is 24.1 Å². The van der Waals surface area contributed by atoms with Crippen molar-refractivity contribution in [2.45, 2.75) is 37.6 Å². The van der Waals surface area contributed by atoms with Gasteiger partial charge in [0.1, 0.15) is 5.75 Å². The number of nitrogen functional groups attached to an aromatic ring is 1. The van der Waals surface area contributed by atoms with Crippen molar-refractivity contribution >= 4 is 11.6 Å². The van der Waals surface area contributed by atoms with Gasteiger partial charge in [0.25, 0.3) is 5.91 Å². The van der Waals surface area contributed by atoms with Crippen LogP contribution >= 0.6 is 0 Å². The number of nitrogens with zero attached hydrogens (tertiary/aromatic N) is 1. The van der Waals surface area contributed by atoms with Gasteiger partial charge in [-0.1, -0.05) is 24.3 Å². The molecular formula is C21H24N2O2. The van der Waals surface area contributed by atoms with E-state index >= 15 is 0 Å². The average molecular weight is 336 g/mol. The zero-order valence-corrected chi connectivity index (χ0v) is 14.6. The summed E-state index contributed by atoms with van der Waals surface area (Å²) in [6.45, 7) is 0.827. The Morgan fingerprint density at radius 2 is 2.04 bits per heavy atom. The van der Waals surface area contributed by atoms with Crippen molar-refractivity contribution in [1.29, 1.82) is 0 Å². The molecule has 1 amide bonds. The van der Waals surface area contributed by atoms with Gasteiger partial charge in [0.15, 0.2) is 0 Å². The van der Waals surface area contributed by atoms with E-state index < -0.39 is 0 Å². The van der Waals surface area contributed by atoms with Crippen LogP contribution in [0.2, 0.25) is 0 Å². The maximum absolute atomic E-state index is 13.1. The van der Waals surface area contributed by atoms with E-state index in [0.717, 1.165) is 32.2 Å². The van der Waals surface area contributed by atoms with Gasteiger partial charge in [-0.25, -0.2) is 0 Å². The summed E-state index contributed by atoms with van der Waals surface area (Å²) in [6.07, 6.45) is 4.30. The maximum atomic E-state index is 13.1. The van der Waals surface area contributed by atoms with Crippen molar-refractivity contribution in [1.82, 2.24) is 4.90 Å². The third-order valence-electron chi connectivity index (χ3n) is 5.68. The summed E-state index contributed by atoms with van der Waals surface area (Å²) < 4.78 is 5.20. The second kappa shape index (κ2) is 6.43. The van der Waals surface area contributed by atoms with Gasteiger partial charge in [0.2, 0.25) is 0 Å². The Bertz CT molecular complexity index is 802. The highest BCUT2D eigenvalue weighted by Crippen LogP contribution is 2.41. The summed E-state index contributed by atoms with van der Waals surface area (Å²) in [4.78, 5) is 15.2. The average Bonchev–Trinajstić information content (AvgIpc) is 2.66. The monoisotopic (exact) mass is 336 g/mol. The lowest BCUT2D eigenvalue weighted by Gasteiger charge is -2.45. The zero-order chi connectivity index (χ0) is 17.4. The first-order valence-electron chi connectivity index (χ1n) is 9.01. The number of fused-ring (bicyclic) bond motifs is 3. The van der Waals surface area contributed by atoms with E-state index in [1.54, 1.807) is 19.2 Å². The summed E-state index contributed by atoms with van der Waals surface area (Å²) in [5.74, 6) is 1.15. The number of benzene rings is 2. The van der Waals surface area contributed by atoms with Crippen LogP contribution in [0.4, 0.5) is 5.69 Å². The van der Waals surface area contributed by atoms with E-state index in [9.17, 15) is 4.79 Å². The second-order valence-corrected chi connectivity index (χ2v) is 7.01. The number of piperidine rings is 1. The Morgan fingerprint density at radius 1 is 1.20 bits per heavy atom. The van der Waals surface area contributed by atoms with Crippen LogP contribution in [0.1, 0.15) is 46.7 Å². The first-order chi connectivity index (χ1) is 12.2. The molecule has 1 fully saturated rings. The lowest BCUT2D eigenvalue weighted by molar-refractivity contribution is 0.0547. The molecule has 0 bridgehead atoms. The predicted octanol–water partition coefficient (Wildman–Crippen LogP) is 3.61. The highest BCUT2D eigenvalue weighted by Gasteiger charge is 2.38. The fourth-order valence-corrected chi connectivity index (χ4v) is 4.49.